The zero-order valence-electron chi connectivity index (χ0n) is 17.6. The quantitative estimate of drug-likeness (QED) is 0.371. The molecule has 8 heteroatoms. The van der Waals surface area contributed by atoms with Crippen molar-refractivity contribution in [3.05, 3.63) is 70.1 Å². The number of piperazine rings is 1. The fourth-order valence-electron chi connectivity index (χ4n) is 3.36. The van der Waals surface area contributed by atoms with E-state index in [0.717, 1.165) is 49.8 Å². The molecule has 0 atom stereocenters. The van der Waals surface area contributed by atoms with E-state index in [0.29, 0.717) is 13.1 Å². The molecule has 0 aliphatic carbocycles. The highest BCUT2D eigenvalue weighted by Gasteiger charge is 2.20. The third kappa shape index (κ3) is 6.58. The smallest absolute Gasteiger partial charge is 0.250 e. The lowest BCUT2D eigenvalue weighted by Gasteiger charge is -2.36. The van der Waals surface area contributed by atoms with Crippen molar-refractivity contribution < 1.29 is 4.79 Å². The van der Waals surface area contributed by atoms with Crippen molar-refractivity contribution in [2.24, 2.45) is 4.99 Å². The first-order valence-electron chi connectivity index (χ1n) is 10.1. The molecule has 1 aliphatic rings. The molecule has 2 aromatic rings. The molecule has 0 bridgehead atoms. The summed E-state index contributed by atoms with van der Waals surface area (Å²) in [5.74, 6) is 1.01. The lowest BCUT2D eigenvalue weighted by molar-refractivity contribution is -0.130. The van der Waals surface area contributed by atoms with E-state index in [1.54, 1.807) is 29.8 Å². The Morgan fingerprint density at radius 1 is 1.00 bits per heavy atom. The number of carbonyl (C=O) groups excluding carboxylic acids is 1. The predicted octanol–water partition coefficient (Wildman–Crippen LogP) is 2.14. The van der Waals surface area contributed by atoms with Crippen LogP contribution in [0.4, 0.5) is 0 Å². The largest absolute Gasteiger partial charge is 0.357 e. The number of guanidine groups is 1. The van der Waals surface area contributed by atoms with Crippen LogP contribution in [-0.2, 0) is 17.9 Å². The van der Waals surface area contributed by atoms with Crippen molar-refractivity contribution >= 4 is 35.8 Å². The van der Waals surface area contributed by atoms with Crippen LogP contribution >= 0.6 is 24.0 Å². The van der Waals surface area contributed by atoms with Crippen molar-refractivity contribution in [2.75, 3.05) is 32.7 Å². The standard InChI is InChI=1S/C22H29N5O2.HI/c1-3-23-22(26-14-12-25(13-15-26)18(2)28)24-16-19-7-9-20(10-8-19)17-27-11-5-4-6-21(27)29;/h4-11H,3,12-17H2,1-2H3,(H,23,24);1H. The molecule has 0 saturated carbocycles. The van der Waals surface area contributed by atoms with Crippen molar-refractivity contribution in [3.63, 3.8) is 0 Å². The van der Waals surface area contributed by atoms with Crippen molar-refractivity contribution in [1.29, 1.82) is 0 Å². The molecule has 1 fully saturated rings. The molecule has 1 aromatic carbocycles. The van der Waals surface area contributed by atoms with E-state index in [1.807, 2.05) is 23.1 Å². The molecule has 1 saturated heterocycles. The van der Waals surface area contributed by atoms with Crippen LogP contribution in [0, 0.1) is 0 Å². The average Bonchev–Trinajstić information content (AvgIpc) is 2.74. The molecule has 30 heavy (non-hydrogen) atoms. The summed E-state index contributed by atoms with van der Waals surface area (Å²) in [5.41, 5.74) is 2.20. The maximum Gasteiger partial charge on any atom is 0.250 e. The van der Waals surface area contributed by atoms with Crippen LogP contribution in [-0.4, -0.2) is 59.0 Å². The van der Waals surface area contributed by atoms with Crippen LogP contribution in [0.25, 0.3) is 0 Å². The molecular formula is C22H30IN5O2. The first-order valence-corrected chi connectivity index (χ1v) is 10.1. The number of hydrogen-bond acceptors (Lipinski definition) is 3. The second-order valence-electron chi connectivity index (χ2n) is 7.15. The van der Waals surface area contributed by atoms with Gasteiger partial charge in [-0.3, -0.25) is 9.59 Å². The fraction of sp³-hybridized carbons (Fsp3) is 0.409. The van der Waals surface area contributed by atoms with Gasteiger partial charge < -0.3 is 19.7 Å². The Morgan fingerprint density at radius 2 is 1.63 bits per heavy atom. The minimum Gasteiger partial charge on any atom is -0.357 e. The lowest BCUT2D eigenvalue weighted by Crippen LogP contribution is -2.53. The molecule has 1 aliphatic heterocycles. The summed E-state index contributed by atoms with van der Waals surface area (Å²) in [5, 5.41) is 3.35. The van der Waals surface area contributed by atoms with Gasteiger partial charge in [-0.2, -0.15) is 0 Å². The van der Waals surface area contributed by atoms with Crippen LogP contribution in [0.15, 0.2) is 58.4 Å². The Bertz CT molecular complexity index is 902. The van der Waals surface area contributed by atoms with Crippen molar-refractivity contribution in [2.45, 2.75) is 26.9 Å². The van der Waals surface area contributed by atoms with E-state index < -0.39 is 0 Å². The molecule has 1 N–H and O–H groups in total. The molecule has 0 radical (unpaired) electrons. The van der Waals surface area contributed by atoms with Gasteiger partial charge >= 0.3 is 0 Å². The number of nitrogens with zero attached hydrogens (tertiary/aromatic N) is 4. The molecule has 7 nitrogen and oxygen atoms in total. The SMILES string of the molecule is CCNC(=NCc1ccc(Cn2ccccc2=O)cc1)N1CCN(C(C)=O)CC1.I. The zero-order valence-corrected chi connectivity index (χ0v) is 19.9. The second kappa shape index (κ2) is 11.7. The van der Waals surface area contributed by atoms with Gasteiger partial charge in [-0.25, -0.2) is 4.99 Å². The Kier molecular flexibility index (Phi) is 9.35. The average molecular weight is 523 g/mol. The normalized spacial score (nSPS) is 14.3. The van der Waals surface area contributed by atoms with Gasteiger partial charge in [0.1, 0.15) is 0 Å². The van der Waals surface area contributed by atoms with E-state index in [1.165, 1.54) is 0 Å². The minimum absolute atomic E-state index is 0. The topological polar surface area (TPSA) is 69.9 Å². The third-order valence-corrected chi connectivity index (χ3v) is 5.05. The van der Waals surface area contributed by atoms with Gasteiger partial charge in [0.25, 0.3) is 5.56 Å². The predicted molar refractivity (Wildman–Crippen MR) is 130 cm³/mol. The molecule has 1 amide bonds. The van der Waals surface area contributed by atoms with E-state index in [9.17, 15) is 9.59 Å². The number of amides is 1. The first kappa shape index (κ1) is 23.9. The number of rotatable bonds is 5. The van der Waals surface area contributed by atoms with E-state index in [-0.39, 0.29) is 35.4 Å². The fourth-order valence-corrected chi connectivity index (χ4v) is 3.36. The van der Waals surface area contributed by atoms with Crippen LogP contribution in [0.2, 0.25) is 0 Å². The lowest BCUT2D eigenvalue weighted by atomic mass is 10.1. The maximum absolute atomic E-state index is 11.8. The molecule has 3 rings (SSSR count). The second-order valence-corrected chi connectivity index (χ2v) is 7.15. The number of benzene rings is 1. The Hall–Kier alpha value is -2.36. The monoisotopic (exact) mass is 523 g/mol. The van der Waals surface area contributed by atoms with Gasteiger partial charge in [-0.1, -0.05) is 30.3 Å². The summed E-state index contributed by atoms with van der Waals surface area (Å²) in [4.78, 5) is 32.2. The van der Waals surface area contributed by atoms with Gasteiger partial charge in [0, 0.05) is 51.9 Å². The summed E-state index contributed by atoms with van der Waals surface area (Å²) < 4.78 is 1.69. The van der Waals surface area contributed by atoms with Gasteiger partial charge in [0.2, 0.25) is 5.91 Å². The van der Waals surface area contributed by atoms with Crippen molar-refractivity contribution in [1.82, 2.24) is 19.7 Å². The molecular weight excluding hydrogens is 493 g/mol. The summed E-state index contributed by atoms with van der Waals surface area (Å²) in [6, 6.07) is 13.4. The van der Waals surface area contributed by atoms with Crippen molar-refractivity contribution in [3.8, 4) is 0 Å². The van der Waals surface area contributed by atoms with Gasteiger partial charge in [-0.05, 0) is 24.1 Å². The number of carbonyl (C=O) groups is 1. The summed E-state index contributed by atoms with van der Waals surface area (Å²) in [6.45, 7) is 8.66. The molecule has 1 aromatic heterocycles. The number of aromatic nitrogens is 1. The summed E-state index contributed by atoms with van der Waals surface area (Å²) in [7, 11) is 0. The van der Waals surface area contributed by atoms with Crippen LogP contribution in [0.1, 0.15) is 25.0 Å². The third-order valence-electron chi connectivity index (χ3n) is 5.05. The van der Waals surface area contributed by atoms with E-state index in [4.69, 9.17) is 4.99 Å². The maximum atomic E-state index is 11.8. The highest BCUT2D eigenvalue weighted by atomic mass is 127. The molecule has 0 spiro atoms. The Morgan fingerprint density at radius 3 is 2.23 bits per heavy atom. The Balaban J connectivity index is 0.00000320. The number of aliphatic imine (C=N–C) groups is 1. The van der Waals surface area contributed by atoms with E-state index >= 15 is 0 Å². The van der Waals surface area contributed by atoms with Crippen LogP contribution in [0.5, 0.6) is 0 Å². The molecule has 0 unspecified atom stereocenters. The van der Waals surface area contributed by atoms with Crippen LogP contribution < -0.4 is 10.9 Å². The van der Waals surface area contributed by atoms with E-state index in [2.05, 4.69) is 29.3 Å². The number of halogens is 1. The zero-order chi connectivity index (χ0) is 20.6. The Labute approximate surface area is 194 Å². The number of hydrogen-bond donors (Lipinski definition) is 1. The highest BCUT2D eigenvalue weighted by molar-refractivity contribution is 14.0. The first-order chi connectivity index (χ1) is 14.1. The summed E-state index contributed by atoms with van der Waals surface area (Å²) >= 11 is 0. The van der Waals surface area contributed by atoms with Crippen LogP contribution in [0.3, 0.4) is 0 Å². The number of pyridine rings is 1. The highest BCUT2D eigenvalue weighted by Crippen LogP contribution is 2.08. The minimum atomic E-state index is 0. The van der Waals surface area contributed by atoms with Gasteiger partial charge in [0.15, 0.2) is 5.96 Å². The van der Waals surface area contributed by atoms with Gasteiger partial charge in [-0.15, -0.1) is 24.0 Å². The van der Waals surface area contributed by atoms with Gasteiger partial charge in [0.05, 0.1) is 13.1 Å². The molecule has 2 heterocycles. The molecule has 162 valence electrons. The summed E-state index contributed by atoms with van der Waals surface area (Å²) in [6.07, 6.45) is 1.80. The number of nitrogens with one attached hydrogen (secondary N) is 1.